The molecule has 2 aromatic carbocycles. The summed E-state index contributed by atoms with van der Waals surface area (Å²) < 4.78 is 5.11. The van der Waals surface area contributed by atoms with Crippen LogP contribution in [0.15, 0.2) is 48.5 Å². The first kappa shape index (κ1) is 15.0. The quantitative estimate of drug-likeness (QED) is 0.854. The maximum absolute atomic E-state index is 5.90. The molecular weight excluding hydrogens is 270 g/mol. The molecular formula is C17H20ClNO. The van der Waals surface area contributed by atoms with Gasteiger partial charge >= 0.3 is 0 Å². The minimum absolute atomic E-state index is 0.297. The second-order valence-electron chi connectivity index (χ2n) is 4.90. The average molecular weight is 290 g/mol. The fourth-order valence-corrected chi connectivity index (χ4v) is 2.19. The van der Waals surface area contributed by atoms with Crippen molar-refractivity contribution < 1.29 is 4.74 Å². The van der Waals surface area contributed by atoms with Crippen molar-refractivity contribution in [3.63, 3.8) is 0 Å². The Balaban J connectivity index is 1.89. The molecule has 0 saturated heterocycles. The number of benzene rings is 2. The highest BCUT2D eigenvalue weighted by atomic mass is 35.5. The van der Waals surface area contributed by atoms with Crippen LogP contribution in [-0.4, -0.2) is 7.11 Å². The molecule has 0 spiro atoms. The van der Waals surface area contributed by atoms with Gasteiger partial charge < -0.3 is 10.1 Å². The van der Waals surface area contributed by atoms with Crippen LogP contribution in [0.3, 0.4) is 0 Å². The Morgan fingerprint density at radius 3 is 2.20 bits per heavy atom. The maximum atomic E-state index is 5.90. The summed E-state index contributed by atoms with van der Waals surface area (Å²) in [6.45, 7) is 3.66. The zero-order valence-electron chi connectivity index (χ0n) is 11.9. The van der Waals surface area contributed by atoms with Gasteiger partial charge in [-0.2, -0.15) is 0 Å². The molecule has 0 aliphatic heterocycles. The molecule has 2 rings (SSSR count). The van der Waals surface area contributed by atoms with Crippen molar-refractivity contribution >= 4 is 11.6 Å². The van der Waals surface area contributed by atoms with Gasteiger partial charge in [0.2, 0.25) is 0 Å². The van der Waals surface area contributed by atoms with Crippen LogP contribution in [0, 0.1) is 0 Å². The summed E-state index contributed by atoms with van der Waals surface area (Å²) in [7, 11) is 1.71. The number of ether oxygens (including phenoxy) is 1. The molecule has 2 aromatic rings. The molecule has 0 fully saturated rings. The zero-order chi connectivity index (χ0) is 14.4. The van der Waals surface area contributed by atoms with E-state index in [0.717, 1.165) is 11.6 Å². The van der Waals surface area contributed by atoms with Crippen molar-refractivity contribution in [2.45, 2.75) is 26.1 Å². The fraction of sp³-hybridized carbons (Fsp3) is 0.294. The summed E-state index contributed by atoms with van der Waals surface area (Å²) in [6, 6.07) is 16.7. The van der Waals surface area contributed by atoms with Gasteiger partial charge in [0.1, 0.15) is 0 Å². The molecule has 0 amide bonds. The molecule has 0 aromatic heterocycles. The maximum Gasteiger partial charge on any atom is 0.0713 e. The molecule has 0 saturated carbocycles. The van der Waals surface area contributed by atoms with E-state index < -0.39 is 0 Å². The van der Waals surface area contributed by atoms with E-state index in [9.17, 15) is 0 Å². The molecule has 20 heavy (non-hydrogen) atoms. The standard InChI is InChI=1S/C17H20ClNO/c1-13(16-7-9-17(18)10-8-16)19-11-14-3-5-15(6-4-14)12-20-2/h3-10,13,19H,11-12H2,1-2H3/t13-/m0/s1. The van der Waals surface area contributed by atoms with Gasteiger partial charge in [-0.05, 0) is 35.7 Å². The first-order chi connectivity index (χ1) is 9.69. The van der Waals surface area contributed by atoms with Gasteiger partial charge in [-0.25, -0.2) is 0 Å². The van der Waals surface area contributed by atoms with Crippen LogP contribution in [0.2, 0.25) is 5.02 Å². The van der Waals surface area contributed by atoms with E-state index in [2.05, 4.69) is 48.6 Å². The first-order valence-corrected chi connectivity index (χ1v) is 7.12. The van der Waals surface area contributed by atoms with Crippen LogP contribution in [0.5, 0.6) is 0 Å². The van der Waals surface area contributed by atoms with Gasteiger partial charge in [-0.15, -0.1) is 0 Å². The van der Waals surface area contributed by atoms with E-state index in [0.29, 0.717) is 12.6 Å². The summed E-state index contributed by atoms with van der Waals surface area (Å²) in [5.74, 6) is 0. The molecule has 106 valence electrons. The lowest BCUT2D eigenvalue weighted by Crippen LogP contribution is -2.17. The van der Waals surface area contributed by atoms with Crippen molar-refractivity contribution in [2.75, 3.05) is 7.11 Å². The van der Waals surface area contributed by atoms with Crippen LogP contribution in [0.25, 0.3) is 0 Å². The summed E-state index contributed by atoms with van der Waals surface area (Å²) >= 11 is 5.90. The fourth-order valence-electron chi connectivity index (χ4n) is 2.06. The molecule has 0 radical (unpaired) electrons. The van der Waals surface area contributed by atoms with Crippen LogP contribution in [0.1, 0.15) is 29.7 Å². The highest BCUT2D eigenvalue weighted by Crippen LogP contribution is 2.16. The third-order valence-corrected chi connectivity index (χ3v) is 3.57. The average Bonchev–Trinajstić information content (AvgIpc) is 2.47. The van der Waals surface area contributed by atoms with Crippen molar-refractivity contribution in [2.24, 2.45) is 0 Å². The lowest BCUT2D eigenvalue weighted by Gasteiger charge is -2.14. The van der Waals surface area contributed by atoms with Crippen molar-refractivity contribution in [1.29, 1.82) is 0 Å². The van der Waals surface area contributed by atoms with E-state index in [4.69, 9.17) is 16.3 Å². The van der Waals surface area contributed by atoms with E-state index in [1.54, 1.807) is 7.11 Å². The first-order valence-electron chi connectivity index (χ1n) is 6.74. The van der Waals surface area contributed by atoms with Gasteiger partial charge in [-0.1, -0.05) is 48.0 Å². The minimum atomic E-state index is 0.297. The van der Waals surface area contributed by atoms with E-state index >= 15 is 0 Å². The Morgan fingerprint density at radius 2 is 1.60 bits per heavy atom. The number of halogens is 1. The van der Waals surface area contributed by atoms with Gasteiger partial charge in [-0.3, -0.25) is 0 Å². The van der Waals surface area contributed by atoms with E-state index in [1.807, 2.05) is 12.1 Å². The molecule has 0 bridgehead atoms. The van der Waals surface area contributed by atoms with Gasteiger partial charge in [0.05, 0.1) is 6.61 Å². The van der Waals surface area contributed by atoms with Crippen molar-refractivity contribution in [1.82, 2.24) is 5.32 Å². The Morgan fingerprint density at radius 1 is 1.00 bits per heavy atom. The second kappa shape index (κ2) is 7.44. The topological polar surface area (TPSA) is 21.3 Å². The van der Waals surface area contributed by atoms with Gasteiger partial charge in [0, 0.05) is 24.7 Å². The largest absolute Gasteiger partial charge is 0.380 e. The third kappa shape index (κ3) is 4.34. The second-order valence-corrected chi connectivity index (χ2v) is 5.34. The minimum Gasteiger partial charge on any atom is -0.380 e. The van der Waals surface area contributed by atoms with Crippen molar-refractivity contribution in [3.8, 4) is 0 Å². The Bertz CT molecular complexity index is 522. The van der Waals surface area contributed by atoms with Crippen LogP contribution >= 0.6 is 11.6 Å². The number of rotatable bonds is 6. The highest BCUT2D eigenvalue weighted by Gasteiger charge is 2.04. The predicted octanol–water partition coefficient (Wildman–Crippen LogP) is 4.34. The van der Waals surface area contributed by atoms with E-state index in [1.165, 1.54) is 16.7 Å². The molecule has 1 atom stereocenters. The zero-order valence-corrected chi connectivity index (χ0v) is 12.7. The molecule has 3 heteroatoms. The lowest BCUT2D eigenvalue weighted by atomic mass is 10.1. The van der Waals surface area contributed by atoms with Gasteiger partial charge in [0.25, 0.3) is 0 Å². The lowest BCUT2D eigenvalue weighted by molar-refractivity contribution is 0.185. The monoisotopic (exact) mass is 289 g/mol. The predicted molar refractivity (Wildman–Crippen MR) is 83.9 cm³/mol. The summed E-state index contributed by atoms with van der Waals surface area (Å²) in [5, 5.41) is 4.28. The van der Waals surface area contributed by atoms with Crippen LogP contribution < -0.4 is 5.32 Å². The molecule has 0 aliphatic rings. The molecule has 1 N–H and O–H groups in total. The third-order valence-electron chi connectivity index (χ3n) is 3.32. The molecule has 0 heterocycles. The van der Waals surface area contributed by atoms with Crippen LogP contribution in [-0.2, 0) is 17.9 Å². The SMILES string of the molecule is COCc1ccc(CN[C@@H](C)c2ccc(Cl)cc2)cc1. The number of nitrogens with one attached hydrogen (secondary N) is 1. The Kier molecular flexibility index (Phi) is 5.60. The number of hydrogen-bond donors (Lipinski definition) is 1. The molecule has 0 aliphatic carbocycles. The van der Waals surface area contributed by atoms with Crippen molar-refractivity contribution in [3.05, 3.63) is 70.2 Å². The molecule has 0 unspecified atom stereocenters. The normalized spacial score (nSPS) is 12.3. The highest BCUT2D eigenvalue weighted by molar-refractivity contribution is 6.30. The molecule has 2 nitrogen and oxygen atoms in total. The smallest absolute Gasteiger partial charge is 0.0713 e. The van der Waals surface area contributed by atoms with Gasteiger partial charge in [0.15, 0.2) is 0 Å². The number of hydrogen-bond acceptors (Lipinski definition) is 2. The summed E-state index contributed by atoms with van der Waals surface area (Å²) in [4.78, 5) is 0. The van der Waals surface area contributed by atoms with Crippen LogP contribution in [0.4, 0.5) is 0 Å². The Hall–Kier alpha value is -1.35. The van der Waals surface area contributed by atoms with E-state index in [-0.39, 0.29) is 0 Å². The Labute approximate surface area is 125 Å². The summed E-state index contributed by atoms with van der Waals surface area (Å²) in [6.07, 6.45) is 0. The summed E-state index contributed by atoms with van der Waals surface area (Å²) in [5.41, 5.74) is 3.71. The number of methoxy groups -OCH3 is 1.